The molecule has 1 fully saturated rings. The molecular weight excluding hydrogens is 368 g/mol. The van der Waals surface area contributed by atoms with Crippen LogP contribution in [0.4, 0.5) is 16.2 Å². The van der Waals surface area contributed by atoms with Gasteiger partial charge < -0.3 is 20.6 Å². The average molecular weight is 395 g/mol. The number of nitrogens with one attached hydrogen (secondary N) is 3. The number of carbonyl (C=O) groups excluding carboxylic acids is 2. The fraction of sp³-hybridized carbons (Fsp3) is 0.364. The predicted octanol–water partition coefficient (Wildman–Crippen LogP) is 1.07. The third-order valence-electron chi connectivity index (χ3n) is 5.71. The first kappa shape index (κ1) is 19.4. The second-order valence-corrected chi connectivity index (χ2v) is 7.64. The summed E-state index contributed by atoms with van der Waals surface area (Å²) in [4.78, 5) is 28.8. The average Bonchev–Trinajstić information content (AvgIpc) is 3.25. The molecule has 7 nitrogen and oxygen atoms in total. The highest BCUT2D eigenvalue weighted by atomic mass is 16.3. The maximum Gasteiger partial charge on any atom is 0.329 e. The molecule has 0 aromatic heterocycles. The van der Waals surface area contributed by atoms with Gasteiger partial charge in [0.05, 0.1) is 25.3 Å². The first-order chi connectivity index (χ1) is 14.1. The lowest BCUT2D eigenvalue weighted by Gasteiger charge is -2.42. The van der Waals surface area contributed by atoms with Gasteiger partial charge in [-0.2, -0.15) is 0 Å². The monoisotopic (exact) mass is 395 g/mol. The number of para-hydroxylation sites is 2. The highest BCUT2D eigenvalue weighted by Gasteiger charge is 2.51. The van der Waals surface area contributed by atoms with Crippen LogP contribution in [-0.2, 0) is 10.5 Å². The Morgan fingerprint density at radius 1 is 1.10 bits per heavy atom. The highest BCUT2D eigenvalue weighted by molar-refractivity contribution is 6.11. The Hall–Kier alpha value is -2.90. The molecule has 4 rings (SSSR count). The molecule has 152 valence electrons. The number of urea groups is 1. The summed E-state index contributed by atoms with van der Waals surface area (Å²) in [7, 11) is 0. The molecule has 1 saturated heterocycles. The van der Waals surface area contributed by atoms with Gasteiger partial charge in [0.25, 0.3) is 11.6 Å². The Bertz CT molecular complexity index is 883. The lowest BCUT2D eigenvalue weighted by molar-refractivity contribution is -0.887. The quantitative estimate of drug-likeness (QED) is 0.552. The van der Waals surface area contributed by atoms with Crippen molar-refractivity contribution >= 4 is 23.3 Å². The van der Waals surface area contributed by atoms with Crippen LogP contribution < -0.4 is 20.4 Å². The molecule has 0 bridgehead atoms. The minimum Gasteiger partial charge on any atom is -0.359 e. The van der Waals surface area contributed by atoms with Gasteiger partial charge in [-0.05, 0) is 18.2 Å². The van der Waals surface area contributed by atoms with E-state index in [1.807, 2.05) is 6.07 Å². The van der Waals surface area contributed by atoms with Crippen molar-refractivity contribution in [3.05, 3.63) is 60.2 Å². The summed E-state index contributed by atoms with van der Waals surface area (Å²) < 4.78 is 0. The number of quaternary nitrogens is 1. The van der Waals surface area contributed by atoms with Crippen molar-refractivity contribution in [3.8, 4) is 0 Å². The lowest BCUT2D eigenvalue weighted by atomic mass is 9.95. The van der Waals surface area contributed by atoms with Crippen LogP contribution in [0, 0.1) is 0 Å². The van der Waals surface area contributed by atoms with E-state index in [-0.39, 0.29) is 0 Å². The third-order valence-corrected chi connectivity index (χ3v) is 5.71. The van der Waals surface area contributed by atoms with Crippen molar-refractivity contribution in [1.29, 1.82) is 0 Å². The fourth-order valence-electron chi connectivity index (χ4n) is 4.23. The number of fused-ring (bicyclic) bond motifs is 1. The van der Waals surface area contributed by atoms with Crippen LogP contribution >= 0.6 is 0 Å². The Kier molecular flexibility index (Phi) is 5.51. The van der Waals surface area contributed by atoms with Crippen LogP contribution in [-0.4, -0.2) is 43.2 Å². The van der Waals surface area contributed by atoms with Crippen molar-refractivity contribution in [2.24, 2.45) is 0 Å². The van der Waals surface area contributed by atoms with Gasteiger partial charge in [-0.3, -0.25) is 9.69 Å². The molecule has 0 spiro atoms. The standard InChI is InChI=1S/C22H26N4O3/c27-20(23-13-8-16-25-14-6-7-15-25)22(29)18-11-4-5-12-19(18)24-21(28)26(22)17-9-2-1-3-10-17/h1-5,9-12,29H,6-8,13-16H2,(H,23,27)(H,24,28)/p+1. The van der Waals surface area contributed by atoms with Crippen molar-refractivity contribution in [1.82, 2.24) is 5.32 Å². The molecule has 0 aliphatic carbocycles. The molecular formula is C22H27N4O3+. The van der Waals surface area contributed by atoms with Crippen molar-refractivity contribution < 1.29 is 19.6 Å². The first-order valence-electron chi connectivity index (χ1n) is 10.2. The lowest BCUT2D eigenvalue weighted by Crippen LogP contribution is -3.10. The summed E-state index contributed by atoms with van der Waals surface area (Å²) in [5, 5.41) is 17.3. The van der Waals surface area contributed by atoms with E-state index >= 15 is 0 Å². The van der Waals surface area contributed by atoms with E-state index in [1.165, 1.54) is 25.9 Å². The van der Waals surface area contributed by atoms with E-state index in [1.54, 1.807) is 53.4 Å². The molecule has 1 unspecified atom stereocenters. The number of carbonyl (C=O) groups is 2. The van der Waals surface area contributed by atoms with Crippen molar-refractivity contribution in [3.63, 3.8) is 0 Å². The number of benzene rings is 2. The molecule has 0 radical (unpaired) electrons. The minimum absolute atomic E-state index is 0.353. The van der Waals surface area contributed by atoms with Crippen LogP contribution in [0.1, 0.15) is 24.8 Å². The summed E-state index contributed by atoms with van der Waals surface area (Å²) in [5.74, 6) is -0.597. The highest BCUT2D eigenvalue weighted by Crippen LogP contribution is 2.39. The maximum absolute atomic E-state index is 13.2. The number of likely N-dealkylation sites (tertiary alicyclic amines) is 1. The van der Waals surface area contributed by atoms with Gasteiger partial charge in [0.15, 0.2) is 0 Å². The number of aliphatic hydroxyl groups is 1. The predicted molar refractivity (Wildman–Crippen MR) is 111 cm³/mol. The molecule has 2 aliphatic rings. The molecule has 2 aromatic rings. The van der Waals surface area contributed by atoms with E-state index in [2.05, 4.69) is 10.6 Å². The van der Waals surface area contributed by atoms with E-state index in [4.69, 9.17) is 0 Å². The smallest absolute Gasteiger partial charge is 0.329 e. The van der Waals surface area contributed by atoms with Gasteiger partial charge in [0.2, 0.25) is 0 Å². The second kappa shape index (κ2) is 8.23. The second-order valence-electron chi connectivity index (χ2n) is 7.64. The Morgan fingerprint density at radius 3 is 2.55 bits per heavy atom. The zero-order valence-electron chi connectivity index (χ0n) is 16.4. The normalized spacial score (nSPS) is 21.6. The van der Waals surface area contributed by atoms with Crippen LogP contribution in [0.5, 0.6) is 0 Å². The Labute approximate surface area is 170 Å². The summed E-state index contributed by atoms with van der Waals surface area (Å²) >= 11 is 0. The van der Waals surface area contributed by atoms with Gasteiger partial charge in [0, 0.05) is 37.1 Å². The van der Waals surface area contributed by atoms with Gasteiger partial charge >= 0.3 is 6.03 Å². The molecule has 0 saturated carbocycles. The van der Waals surface area contributed by atoms with E-state index < -0.39 is 17.7 Å². The van der Waals surface area contributed by atoms with E-state index in [0.29, 0.717) is 23.5 Å². The molecule has 29 heavy (non-hydrogen) atoms. The van der Waals surface area contributed by atoms with Crippen molar-refractivity contribution in [2.75, 3.05) is 36.4 Å². The van der Waals surface area contributed by atoms with E-state index in [0.717, 1.165) is 17.9 Å². The fourth-order valence-corrected chi connectivity index (χ4v) is 4.23. The number of amides is 3. The first-order valence-corrected chi connectivity index (χ1v) is 10.2. The molecule has 2 heterocycles. The largest absolute Gasteiger partial charge is 0.359 e. The molecule has 2 aromatic carbocycles. The number of nitrogens with zero attached hydrogens (tertiary/aromatic N) is 1. The topological polar surface area (TPSA) is 86.1 Å². The number of hydrogen-bond donors (Lipinski definition) is 4. The summed E-state index contributed by atoms with van der Waals surface area (Å²) in [6, 6.07) is 15.0. The molecule has 7 heteroatoms. The van der Waals surface area contributed by atoms with Gasteiger partial charge in [-0.1, -0.05) is 36.4 Å². The summed E-state index contributed by atoms with van der Waals surface area (Å²) in [6.45, 7) is 3.83. The third kappa shape index (κ3) is 3.71. The van der Waals surface area contributed by atoms with Crippen LogP contribution in [0.25, 0.3) is 0 Å². The van der Waals surface area contributed by atoms with Gasteiger partial charge in [-0.15, -0.1) is 0 Å². The van der Waals surface area contributed by atoms with E-state index in [9.17, 15) is 14.7 Å². The zero-order valence-corrected chi connectivity index (χ0v) is 16.4. The van der Waals surface area contributed by atoms with Gasteiger partial charge in [-0.25, -0.2) is 4.79 Å². The summed E-state index contributed by atoms with van der Waals surface area (Å²) in [6.07, 6.45) is 3.36. The SMILES string of the molecule is O=C1Nc2ccccc2C(O)(C(=O)NCCC[NH+]2CCCC2)N1c1ccccc1. The van der Waals surface area contributed by atoms with Crippen LogP contribution in [0.15, 0.2) is 54.6 Å². The minimum atomic E-state index is -2.12. The molecule has 4 N–H and O–H groups in total. The maximum atomic E-state index is 13.2. The summed E-state index contributed by atoms with van der Waals surface area (Å²) in [5.41, 5.74) is -0.894. The molecule has 3 amide bonds. The molecule has 2 aliphatic heterocycles. The van der Waals surface area contributed by atoms with Gasteiger partial charge in [0.1, 0.15) is 0 Å². The van der Waals surface area contributed by atoms with Crippen molar-refractivity contribution in [2.45, 2.75) is 25.0 Å². The number of rotatable bonds is 6. The molecule has 1 atom stereocenters. The number of hydrogen-bond acceptors (Lipinski definition) is 3. The Morgan fingerprint density at radius 2 is 1.79 bits per heavy atom. The number of anilines is 2. The Balaban J connectivity index is 1.58. The van der Waals surface area contributed by atoms with Crippen LogP contribution in [0.3, 0.4) is 0 Å². The zero-order chi connectivity index (χ0) is 20.3. The van der Waals surface area contributed by atoms with Crippen LogP contribution in [0.2, 0.25) is 0 Å².